The van der Waals surface area contributed by atoms with Crippen molar-refractivity contribution < 1.29 is 13.8 Å². The monoisotopic (exact) mass is 257 g/mol. The van der Waals surface area contributed by atoms with E-state index in [2.05, 4.69) is 5.16 Å². The van der Waals surface area contributed by atoms with Crippen LogP contribution in [-0.2, 0) is 0 Å². The number of rotatable bonds is 2. The molecule has 0 spiro atoms. The fourth-order valence-electron chi connectivity index (χ4n) is 1.31. The lowest BCUT2D eigenvalue weighted by molar-refractivity contribution is -0.384. The zero-order valence-corrected chi connectivity index (χ0v) is 8.94. The van der Waals surface area contributed by atoms with E-state index in [1.807, 2.05) is 0 Å². The number of nitrogens with zero attached hydrogens (tertiary/aromatic N) is 2. The van der Waals surface area contributed by atoms with Crippen molar-refractivity contribution in [3.8, 4) is 11.3 Å². The van der Waals surface area contributed by atoms with Crippen LogP contribution >= 0.6 is 11.6 Å². The number of nitro benzene ring substituents is 1. The van der Waals surface area contributed by atoms with Crippen molar-refractivity contribution in [2.24, 2.45) is 0 Å². The number of halogens is 2. The van der Waals surface area contributed by atoms with E-state index in [-0.39, 0.29) is 27.9 Å². The highest BCUT2D eigenvalue weighted by Crippen LogP contribution is 2.37. The van der Waals surface area contributed by atoms with Gasteiger partial charge in [-0.25, -0.2) is 4.39 Å². The van der Waals surface area contributed by atoms with Crippen molar-refractivity contribution in [2.75, 3.05) is 5.73 Å². The van der Waals surface area contributed by atoms with Crippen molar-refractivity contribution in [1.29, 1.82) is 0 Å². The van der Waals surface area contributed by atoms with Crippen molar-refractivity contribution >= 4 is 23.1 Å². The fourth-order valence-corrected chi connectivity index (χ4v) is 1.48. The fraction of sp³-hybridized carbons (Fsp3) is 0. The van der Waals surface area contributed by atoms with Gasteiger partial charge in [0.15, 0.2) is 11.6 Å². The van der Waals surface area contributed by atoms with E-state index >= 15 is 0 Å². The highest BCUT2D eigenvalue weighted by molar-refractivity contribution is 6.35. The van der Waals surface area contributed by atoms with Crippen LogP contribution in [-0.4, -0.2) is 10.1 Å². The molecule has 88 valence electrons. The lowest BCUT2D eigenvalue weighted by Gasteiger charge is -1.99. The van der Waals surface area contributed by atoms with Gasteiger partial charge in [-0.3, -0.25) is 10.1 Å². The van der Waals surface area contributed by atoms with Gasteiger partial charge in [0.05, 0.1) is 4.92 Å². The minimum atomic E-state index is -0.677. The summed E-state index contributed by atoms with van der Waals surface area (Å²) in [5.41, 5.74) is 4.89. The first kappa shape index (κ1) is 11.3. The number of nitrogens with two attached hydrogens (primary N) is 1. The second-order valence-electron chi connectivity index (χ2n) is 3.13. The molecule has 8 heteroatoms. The van der Waals surface area contributed by atoms with Crippen molar-refractivity contribution in [3.05, 3.63) is 39.2 Å². The van der Waals surface area contributed by atoms with Crippen LogP contribution in [0, 0.1) is 15.9 Å². The van der Waals surface area contributed by atoms with Crippen LogP contribution in [0.3, 0.4) is 0 Å². The van der Waals surface area contributed by atoms with Crippen LogP contribution in [0.15, 0.2) is 22.7 Å². The van der Waals surface area contributed by atoms with Crippen LogP contribution in [0.2, 0.25) is 5.02 Å². The highest BCUT2D eigenvalue weighted by atomic mass is 35.5. The summed E-state index contributed by atoms with van der Waals surface area (Å²) in [5, 5.41) is 14.0. The van der Waals surface area contributed by atoms with Gasteiger partial charge in [0.2, 0.25) is 0 Å². The summed E-state index contributed by atoms with van der Waals surface area (Å²) >= 11 is 5.75. The molecule has 0 fully saturated rings. The molecular formula is C9H5ClFN3O3. The Labute approximate surface area is 98.9 Å². The second-order valence-corrected chi connectivity index (χ2v) is 3.51. The lowest BCUT2D eigenvalue weighted by atomic mass is 10.1. The van der Waals surface area contributed by atoms with E-state index < -0.39 is 10.7 Å². The molecule has 1 aromatic carbocycles. The second kappa shape index (κ2) is 4.02. The molecule has 0 aliphatic heterocycles. The van der Waals surface area contributed by atoms with Gasteiger partial charge >= 0.3 is 0 Å². The standard InChI is InChI=1S/C9H5ClFN3O3/c10-7-8(17-13-9(7)12)5-3-4(11)1-2-6(5)14(15)16/h1-3H,(H2,12,13). The molecule has 1 aromatic heterocycles. The van der Waals surface area contributed by atoms with Gasteiger partial charge in [0.1, 0.15) is 16.4 Å². The summed E-state index contributed by atoms with van der Waals surface area (Å²) in [6, 6.07) is 2.92. The molecule has 2 N–H and O–H groups in total. The maximum absolute atomic E-state index is 13.1. The molecule has 0 saturated carbocycles. The van der Waals surface area contributed by atoms with Crippen LogP contribution in [0.1, 0.15) is 0 Å². The third-order valence-corrected chi connectivity index (χ3v) is 2.42. The van der Waals surface area contributed by atoms with Crippen molar-refractivity contribution in [2.45, 2.75) is 0 Å². The van der Waals surface area contributed by atoms with Gasteiger partial charge < -0.3 is 10.3 Å². The quantitative estimate of drug-likeness (QED) is 0.659. The summed E-state index contributed by atoms with van der Waals surface area (Å²) in [6.45, 7) is 0. The molecular weight excluding hydrogens is 253 g/mol. The summed E-state index contributed by atoms with van der Waals surface area (Å²) < 4.78 is 17.8. The molecule has 1 heterocycles. The Morgan fingerprint density at radius 2 is 2.24 bits per heavy atom. The summed E-state index contributed by atoms with van der Waals surface area (Å²) in [5.74, 6) is -0.896. The first-order valence-electron chi connectivity index (χ1n) is 4.35. The van der Waals surface area contributed by atoms with Gasteiger partial charge in [-0.1, -0.05) is 16.8 Å². The lowest BCUT2D eigenvalue weighted by Crippen LogP contribution is -1.92. The van der Waals surface area contributed by atoms with Crippen molar-refractivity contribution in [3.63, 3.8) is 0 Å². The van der Waals surface area contributed by atoms with Crippen molar-refractivity contribution in [1.82, 2.24) is 5.16 Å². The van der Waals surface area contributed by atoms with Gasteiger partial charge in [-0.05, 0) is 12.1 Å². The molecule has 2 rings (SSSR count). The molecule has 0 bridgehead atoms. The predicted molar refractivity (Wildman–Crippen MR) is 58.0 cm³/mol. The Kier molecular flexibility index (Phi) is 2.68. The third kappa shape index (κ3) is 1.92. The molecule has 0 aliphatic rings. The average Bonchev–Trinajstić information content (AvgIpc) is 2.59. The molecule has 0 radical (unpaired) electrons. The Hall–Kier alpha value is -2.15. The maximum Gasteiger partial charge on any atom is 0.280 e. The number of hydrogen-bond donors (Lipinski definition) is 1. The number of benzene rings is 1. The molecule has 17 heavy (non-hydrogen) atoms. The Morgan fingerprint density at radius 1 is 1.53 bits per heavy atom. The van der Waals surface area contributed by atoms with E-state index in [1.165, 1.54) is 0 Å². The number of hydrogen-bond acceptors (Lipinski definition) is 5. The summed E-state index contributed by atoms with van der Waals surface area (Å²) in [6.07, 6.45) is 0. The molecule has 0 atom stereocenters. The zero-order valence-electron chi connectivity index (χ0n) is 8.18. The number of anilines is 1. The maximum atomic E-state index is 13.1. The normalized spacial score (nSPS) is 10.5. The minimum Gasteiger partial charge on any atom is -0.380 e. The minimum absolute atomic E-state index is 0.0845. The van der Waals surface area contributed by atoms with Gasteiger partial charge in [0.25, 0.3) is 5.69 Å². The molecule has 6 nitrogen and oxygen atoms in total. The largest absolute Gasteiger partial charge is 0.380 e. The smallest absolute Gasteiger partial charge is 0.280 e. The van der Waals surface area contributed by atoms with E-state index in [0.29, 0.717) is 0 Å². The SMILES string of the molecule is Nc1noc(-c2cc(F)ccc2[N+](=O)[O-])c1Cl. The predicted octanol–water partition coefficient (Wildman–Crippen LogP) is 2.62. The first-order valence-corrected chi connectivity index (χ1v) is 4.73. The molecule has 0 amide bonds. The van der Waals surface area contributed by atoms with Gasteiger partial charge in [-0.15, -0.1) is 0 Å². The van der Waals surface area contributed by atoms with E-state index in [1.54, 1.807) is 0 Å². The van der Waals surface area contributed by atoms with E-state index in [9.17, 15) is 14.5 Å². The zero-order chi connectivity index (χ0) is 12.6. The van der Waals surface area contributed by atoms with E-state index in [0.717, 1.165) is 18.2 Å². The van der Waals surface area contributed by atoms with Crippen LogP contribution in [0.25, 0.3) is 11.3 Å². The Morgan fingerprint density at radius 3 is 2.76 bits per heavy atom. The van der Waals surface area contributed by atoms with Crippen LogP contribution < -0.4 is 5.73 Å². The summed E-state index contributed by atoms with van der Waals surface area (Å²) in [4.78, 5) is 10.1. The third-order valence-electron chi connectivity index (χ3n) is 2.06. The average molecular weight is 258 g/mol. The van der Waals surface area contributed by atoms with Gasteiger partial charge in [-0.2, -0.15) is 0 Å². The number of aromatic nitrogens is 1. The number of nitrogen functional groups attached to an aromatic ring is 1. The summed E-state index contributed by atoms with van der Waals surface area (Å²) in [7, 11) is 0. The highest BCUT2D eigenvalue weighted by Gasteiger charge is 2.23. The van der Waals surface area contributed by atoms with Gasteiger partial charge in [0, 0.05) is 6.07 Å². The molecule has 0 saturated heterocycles. The first-order chi connectivity index (χ1) is 8.00. The number of nitro groups is 1. The van der Waals surface area contributed by atoms with Crippen LogP contribution in [0.5, 0.6) is 0 Å². The Bertz CT molecular complexity index is 599. The molecule has 0 unspecified atom stereocenters. The Balaban J connectivity index is 2.69. The topological polar surface area (TPSA) is 95.2 Å². The molecule has 0 aliphatic carbocycles. The van der Waals surface area contributed by atoms with E-state index in [4.69, 9.17) is 21.9 Å². The van der Waals surface area contributed by atoms with Crippen LogP contribution in [0.4, 0.5) is 15.9 Å². The molecule has 2 aromatic rings.